The predicted octanol–water partition coefficient (Wildman–Crippen LogP) is 5.97. The summed E-state index contributed by atoms with van der Waals surface area (Å²) in [5.74, 6) is 0.113. The number of anilines is 1. The van der Waals surface area contributed by atoms with Gasteiger partial charge >= 0.3 is 0 Å². The van der Waals surface area contributed by atoms with Crippen molar-refractivity contribution in [3.8, 4) is 0 Å². The molecule has 158 valence electrons. The molecule has 1 aliphatic rings. The lowest BCUT2D eigenvalue weighted by Gasteiger charge is -2.31. The Morgan fingerprint density at radius 1 is 0.750 bits per heavy atom. The van der Waals surface area contributed by atoms with Crippen LogP contribution in [-0.2, 0) is 10.2 Å². The molecule has 32 heavy (non-hydrogen) atoms. The maximum absolute atomic E-state index is 14.6. The molecule has 0 saturated carbocycles. The van der Waals surface area contributed by atoms with Crippen molar-refractivity contribution >= 4 is 33.4 Å². The van der Waals surface area contributed by atoms with Crippen LogP contribution < -0.4 is 4.90 Å². The van der Waals surface area contributed by atoms with E-state index in [2.05, 4.69) is 79.3 Å². The Morgan fingerprint density at radius 3 is 1.81 bits per heavy atom. The molecule has 0 unspecified atom stereocenters. The van der Waals surface area contributed by atoms with Gasteiger partial charge in [-0.05, 0) is 39.0 Å². The van der Waals surface area contributed by atoms with Crippen LogP contribution in [0.1, 0.15) is 35.0 Å². The fraction of sp³-hybridized carbons (Fsp3) is 0.179. The zero-order chi connectivity index (χ0) is 22.0. The van der Waals surface area contributed by atoms with Crippen LogP contribution in [0.4, 0.5) is 5.69 Å². The van der Waals surface area contributed by atoms with Crippen LogP contribution in [0.15, 0.2) is 72.8 Å². The number of likely N-dealkylation sites (N-methyl/N-ethyl adjacent to an activating group) is 1. The molecular weight excluding hydrogens is 394 g/mol. The summed E-state index contributed by atoms with van der Waals surface area (Å²) >= 11 is 0. The second-order valence-electron chi connectivity index (χ2n) is 8.66. The fourth-order valence-corrected chi connectivity index (χ4v) is 5.90. The molecule has 1 aliphatic heterocycles. The number of hydrogen-bond acceptors (Lipinski definition) is 1. The molecule has 0 saturated heterocycles. The molecule has 1 amide bonds. The number of aromatic nitrogens is 2. The number of fused-ring (bicyclic) bond motifs is 3. The number of carbonyl (C=O) groups excluding carboxylic acids is 1. The zero-order valence-corrected chi connectivity index (χ0v) is 18.5. The van der Waals surface area contributed by atoms with Crippen molar-refractivity contribution in [2.45, 2.75) is 26.2 Å². The summed E-state index contributed by atoms with van der Waals surface area (Å²) < 4.78 is 0. The van der Waals surface area contributed by atoms with E-state index in [-0.39, 0.29) is 5.91 Å². The van der Waals surface area contributed by atoms with Gasteiger partial charge in [0, 0.05) is 62.1 Å². The minimum atomic E-state index is -0.931. The first-order valence-electron chi connectivity index (χ1n) is 11.2. The van der Waals surface area contributed by atoms with E-state index >= 15 is 0 Å². The second kappa shape index (κ2) is 6.60. The van der Waals surface area contributed by atoms with E-state index in [1.54, 1.807) is 0 Å². The topological polar surface area (TPSA) is 51.9 Å². The number of aromatic amines is 2. The molecular formula is C28H25N3O. The van der Waals surface area contributed by atoms with Gasteiger partial charge in [-0.2, -0.15) is 0 Å². The number of nitrogens with zero attached hydrogens (tertiary/aromatic N) is 1. The third-order valence-corrected chi connectivity index (χ3v) is 7.02. The van der Waals surface area contributed by atoms with Crippen LogP contribution in [0.5, 0.6) is 0 Å². The average molecular weight is 420 g/mol. The summed E-state index contributed by atoms with van der Waals surface area (Å²) in [5.41, 5.74) is 7.37. The minimum Gasteiger partial charge on any atom is -0.358 e. The highest BCUT2D eigenvalue weighted by molar-refractivity contribution is 6.17. The van der Waals surface area contributed by atoms with Gasteiger partial charge in [0.1, 0.15) is 5.41 Å². The number of rotatable bonds is 3. The van der Waals surface area contributed by atoms with Crippen molar-refractivity contribution in [3.63, 3.8) is 0 Å². The van der Waals surface area contributed by atoms with Crippen molar-refractivity contribution in [1.29, 1.82) is 0 Å². The van der Waals surface area contributed by atoms with Gasteiger partial charge in [-0.25, -0.2) is 0 Å². The molecule has 6 rings (SSSR count). The normalized spacial score (nSPS) is 15.1. The summed E-state index contributed by atoms with van der Waals surface area (Å²) in [6, 6.07) is 24.9. The number of benzene rings is 3. The third kappa shape index (κ3) is 2.19. The second-order valence-corrected chi connectivity index (χ2v) is 8.66. The Labute approximate surface area is 186 Å². The van der Waals surface area contributed by atoms with E-state index in [0.717, 1.165) is 55.6 Å². The van der Waals surface area contributed by atoms with Gasteiger partial charge in [0.25, 0.3) is 0 Å². The van der Waals surface area contributed by atoms with Gasteiger partial charge in [-0.1, -0.05) is 54.6 Å². The van der Waals surface area contributed by atoms with E-state index in [1.807, 2.05) is 29.2 Å². The molecule has 2 aromatic heterocycles. The minimum absolute atomic E-state index is 0.113. The first-order chi connectivity index (χ1) is 15.6. The van der Waals surface area contributed by atoms with Gasteiger partial charge < -0.3 is 14.9 Å². The molecule has 0 aliphatic carbocycles. The molecule has 3 aromatic carbocycles. The molecule has 2 N–H and O–H groups in total. The van der Waals surface area contributed by atoms with E-state index in [1.165, 1.54) is 0 Å². The smallest absolute Gasteiger partial charge is 0.246 e. The van der Waals surface area contributed by atoms with Gasteiger partial charge in [0.2, 0.25) is 5.91 Å². The molecule has 0 bridgehead atoms. The van der Waals surface area contributed by atoms with Crippen LogP contribution in [0, 0.1) is 13.8 Å². The van der Waals surface area contributed by atoms with Crippen molar-refractivity contribution in [1.82, 2.24) is 9.97 Å². The number of carbonyl (C=O) groups is 1. The first-order valence-corrected chi connectivity index (χ1v) is 11.2. The van der Waals surface area contributed by atoms with Gasteiger partial charge in [-0.3, -0.25) is 4.79 Å². The molecule has 0 spiro atoms. The van der Waals surface area contributed by atoms with Crippen LogP contribution in [0.2, 0.25) is 0 Å². The summed E-state index contributed by atoms with van der Waals surface area (Å²) in [4.78, 5) is 23.7. The highest BCUT2D eigenvalue weighted by Crippen LogP contribution is 2.55. The number of aryl methyl sites for hydroxylation is 2. The fourth-order valence-electron chi connectivity index (χ4n) is 5.90. The zero-order valence-electron chi connectivity index (χ0n) is 18.5. The largest absolute Gasteiger partial charge is 0.358 e. The number of para-hydroxylation sites is 3. The first kappa shape index (κ1) is 18.9. The number of nitrogens with one attached hydrogen (secondary N) is 2. The van der Waals surface area contributed by atoms with Crippen molar-refractivity contribution in [2.24, 2.45) is 0 Å². The van der Waals surface area contributed by atoms with Gasteiger partial charge in [0.15, 0.2) is 0 Å². The maximum atomic E-state index is 14.6. The molecule has 4 heteroatoms. The molecule has 3 heterocycles. The quantitative estimate of drug-likeness (QED) is 0.372. The predicted molar refractivity (Wildman–Crippen MR) is 130 cm³/mol. The lowest BCUT2D eigenvalue weighted by Crippen LogP contribution is -2.42. The summed E-state index contributed by atoms with van der Waals surface area (Å²) in [6.07, 6.45) is 0. The van der Waals surface area contributed by atoms with Crippen LogP contribution >= 0.6 is 0 Å². The Hall–Kier alpha value is -3.79. The summed E-state index contributed by atoms with van der Waals surface area (Å²) in [6.45, 7) is 6.85. The lowest BCUT2D eigenvalue weighted by molar-refractivity contribution is -0.120. The standard InChI is InChI=1S/C28H25N3O/c1-4-31-24-16-10-7-13-21(24)28(27(31)32,25-17(2)29-22-14-8-5-11-19(22)25)26-18(3)30-23-15-9-6-12-20(23)26/h5-16,29-30H,4H2,1-3H3. The number of H-pyrrole nitrogens is 2. The van der Waals surface area contributed by atoms with Gasteiger partial charge in [-0.15, -0.1) is 0 Å². The monoisotopic (exact) mass is 419 g/mol. The number of hydrogen-bond donors (Lipinski definition) is 2. The molecule has 5 aromatic rings. The van der Waals surface area contributed by atoms with Gasteiger partial charge in [0.05, 0.1) is 0 Å². The van der Waals surface area contributed by atoms with Crippen molar-refractivity contribution < 1.29 is 4.79 Å². The molecule has 0 radical (unpaired) electrons. The van der Waals surface area contributed by atoms with Crippen LogP contribution in [-0.4, -0.2) is 22.4 Å². The molecule has 0 fully saturated rings. The molecule has 0 atom stereocenters. The van der Waals surface area contributed by atoms with E-state index in [0.29, 0.717) is 6.54 Å². The highest BCUT2D eigenvalue weighted by Gasteiger charge is 2.56. The highest BCUT2D eigenvalue weighted by atomic mass is 16.2. The Morgan fingerprint density at radius 2 is 1.25 bits per heavy atom. The van der Waals surface area contributed by atoms with Crippen molar-refractivity contribution in [3.05, 3.63) is 101 Å². The molecule has 4 nitrogen and oxygen atoms in total. The summed E-state index contributed by atoms with van der Waals surface area (Å²) in [7, 11) is 0. The Kier molecular flexibility index (Phi) is 3.91. The van der Waals surface area contributed by atoms with Crippen LogP contribution in [0.3, 0.4) is 0 Å². The van der Waals surface area contributed by atoms with E-state index in [9.17, 15) is 4.79 Å². The van der Waals surface area contributed by atoms with Crippen LogP contribution in [0.25, 0.3) is 21.8 Å². The third-order valence-electron chi connectivity index (χ3n) is 7.02. The summed E-state index contributed by atoms with van der Waals surface area (Å²) in [5, 5.41) is 2.19. The van der Waals surface area contributed by atoms with Crippen molar-refractivity contribution in [2.75, 3.05) is 11.4 Å². The Bertz CT molecular complexity index is 1440. The van der Waals surface area contributed by atoms with E-state index in [4.69, 9.17) is 0 Å². The lowest BCUT2D eigenvalue weighted by atomic mass is 9.68. The average Bonchev–Trinajstić information content (AvgIpc) is 3.40. The number of amides is 1. The Balaban J connectivity index is 1.86. The van der Waals surface area contributed by atoms with E-state index < -0.39 is 5.41 Å². The maximum Gasteiger partial charge on any atom is 0.246 e. The SMILES string of the molecule is CCN1C(=O)C(c2c(C)[nH]c3ccccc23)(c2c(C)[nH]c3ccccc23)c2ccccc21.